The third-order valence-corrected chi connectivity index (χ3v) is 3.57. The molecule has 3 rings (SSSR count). The smallest absolute Gasteiger partial charge is 0.163 e. The van der Waals surface area contributed by atoms with E-state index >= 15 is 0 Å². The minimum Gasteiger partial charge on any atom is -0.369 e. The zero-order valence-electron chi connectivity index (χ0n) is 12.5. The van der Waals surface area contributed by atoms with Crippen molar-refractivity contribution in [3.8, 4) is 0 Å². The molecule has 0 saturated heterocycles. The summed E-state index contributed by atoms with van der Waals surface area (Å²) in [5.41, 5.74) is 4.10. The summed E-state index contributed by atoms with van der Waals surface area (Å²) in [6.45, 7) is 4.83. The standard InChI is InChI=1S/C15H18N6/c1-10-5-4-7-16-12(10)6-8-17-14-13-11(2)20-21(3)15(13)19-9-18-14/h4-5,7,9H,6,8H2,1-3H3,(H,17,18,19). The van der Waals surface area contributed by atoms with Gasteiger partial charge in [-0.05, 0) is 25.5 Å². The van der Waals surface area contributed by atoms with Crippen LogP contribution < -0.4 is 5.32 Å². The molecular formula is C15H18N6. The number of aryl methyl sites for hydroxylation is 3. The Bertz CT molecular complexity index is 777. The van der Waals surface area contributed by atoms with Crippen molar-refractivity contribution in [2.24, 2.45) is 7.05 Å². The quantitative estimate of drug-likeness (QED) is 0.793. The van der Waals surface area contributed by atoms with Gasteiger partial charge in [0.05, 0.1) is 11.1 Å². The van der Waals surface area contributed by atoms with E-state index in [0.29, 0.717) is 0 Å². The maximum absolute atomic E-state index is 4.40. The van der Waals surface area contributed by atoms with E-state index < -0.39 is 0 Å². The molecule has 3 heterocycles. The first-order valence-corrected chi connectivity index (χ1v) is 6.95. The number of nitrogens with one attached hydrogen (secondary N) is 1. The minimum atomic E-state index is 0.776. The van der Waals surface area contributed by atoms with Gasteiger partial charge in [0.15, 0.2) is 5.65 Å². The zero-order chi connectivity index (χ0) is 14.8. The third-order valence-electron chi connectivity index (χ3n) is 3.57. The van der Waals surface area contributed by atoms with Crippen LogP contribution in [0.4, 0.5) is 5.82 Å². The van der Waals surface area contributed by atoms with Crippen LogP contribution in [0.1, 0.15) is 17.0 Å². The van der Waals surface area contributed by atoms with Crippen LogP contribution in [0.3, 0.4) is 0 Å². The average molecular weight is 282 g/mol. The van der Waals surface area contributed by atoms with Gasteiger partial charge in [-0.25, -0.2) is 9.97 Å². The molecule has 0 amide bonds. The van der Waals surface area contributed by atoms with Crippen LogP contribution in [-0.2, 0) is 13.5 Å². The molecule has 0 atom stereocenters. The lowest BCUT2D eigenvalue weighted by molar-refractivity contribution is 0.773. The summed E-state index contributed by atoms with van der Waals surface area (Å²) in [7, 11) is 1.89. The molecule has 3 aromatic rings. The van der Waals surface area contributed by atoms with Crippen LogP contribution in [0.15, 0.2) is 24.7 Å². The van der Waals surface area contributed by atoms with E-state index in [2.05, 4.69) is 38.4 Å². The second-order valence-corrected chi connectivity index (χ2v) is 5.07. The van der Waals surface area contributed by atoms with Gasteiger partial charge in [-0.2, -0.15) is 5.10 Å². The lowest BCUT2D eigenvalue weighted by Crippen LogP contribution is -2.09. The van der Waals surface area contributed by atoms with E-state index in [1.165, 1.54) is 5.56 Å². The number of aromatic nitrogens is 5. The number of hydrogen-bond donors (Lipinski definition) is 1. The fraction of sp³-hybridized carbons (Fsp3) is 0.333. The largest absolute Gasteiger partial charge is 0.369 e. The topological polar surface area (TPSA) is 68.5 Å². The zero-order valence-corrected chi connectivity index (χ0v) is 12.5. The summed E-state index contributed by atoms with van der Waals surface area (Å²) in [4.78, 5) is 13.0. The van der Waals surface area contributed by atoms with Crippen LogP contribution in [0.25, 0.3) is 11.0 Å². The summed E-state index contributed by atoms with van der Waals surface area (Å²) in [6, 6.07) is 4.04. The summed E-state index contributed by atoms with van der Waals surface area (Å²) in [6.07, 6.45) is 4.26. The highest BCUT2D eigenvalue weighted by atomic mass is 15.3. The minimum absolute atomic E-state index is 0.776. The second kappa shape index (κ2) is 5.47. The average Bonchev–Trinajstić information content (AvgIpc) is 2.77. The fourth-order valence-electron chi connectivity index (χ4n) is 2.49. The first kappa shape index (κ1) is 13.5. The normalized spacial score (nSPS) is 11.0. The molecule has 0 aliphatic rings. The lowest BCUT2D eigenvalue weighted by atomic mass is 10.1. The maximum Gasteiger partial charge on any atom is 0.163 e. The molecule has 108 valence electrons. The molecule has 0 aliphatic heterocycles. The Hall–Kier alpha value is -2.50. The Morgan fingerprint density at radius 2 is 2.05 bits per heavy atom. The molecule has 0 fully saturated rings. The number of anilines is 1. The van der Waals surface area contributed by atoms with Gasteiger partial charge in [0.2, 0.25) is 0 Å². The Balaban J connectivity index is 1.78. The molecular weight excluding hydrogens is 264 g/mol. The van der Waals surface area contributed by atoms with Gasteiger partial charge in [-0.1, -0.05) is 6.07 Å². The molecule has 0 aliphatic carbocycles. The van der Waals surface area contributed by atoms with Crippen LogP contribution >= 0.6 is 0 Å². The lowest BCUT2D eigenvalue weighted by Gasteiger charge is -2.08. The van der Waals surface area contributed by atoms with Gasteiger partial charge in [-0.15, -0.1) is 0 Å². The predicted octanol–water partition coefficient (Wildman–Crippen LogP) is 2.03. The van der Waals surface area contributed by atoms with Crippen molar-refractivity contribution < 1.29 is 0 Å². The van der Waals surface area contributed by atoms with Gasteiger partial charge in [0.25, 0.3) is 0 Å². The Labute approximate surface area is 123 Å². The molecule has 0 spiro atoms. The summed E-state index contributed by atoms with van der Waals surface area (Å²) >= 11 is 0. The highest BCUT2D eigenvalue weighted by Crippen LogP contribution is 2.21. The highest BCUT2D eigenvalue weighted by molar-refractivity contribution is 5.89. The molecule has 21 heavy (non-hydrogen) atoms. The monoisotopic (exact) mass is 282 g/mol. The van der Waals surface area contributed by atoms with E-state index in [0.717, 1.165) is 41.2 Å². The van der Waals surface area contributed by atoms with Gasteiger partial charge in [0.1, 0.15) is 12.1 Å². The van der Waals surface area contributed by atoms with Crippen LogP contribution in [0.5, 0.6) is 0 Å². The van der Waals surface area contributed by atoms with E-state index in [-0.39, 0.29) is 0 Å². The van der Waals surface area contributed by atoms with Crippen LogP contribution in [0.2, 0.25) is 0 Å². The van der Waals surface area contributed by atoms with E-state index in [9.17, 15) is 0 Å². The summed E-state index contributed by atoms with van der Waals surface area (Å²) in [5, 5.41) is 8.75. The van der Waals surface area contributed by atoms with E-state index in [1.807, 2.05) is 26.2 Å². The van der Waals surface area contributed by atoms with Crippen molar-refractivity contribution in [3.05, 3.63) is 41.6 Å². The number of hydrogen-bond acceptors (Lipinski definition) is 5. The Kier molecular flexibility index (Phi) is 3.51. The Morgan fingerprint density at radius 1 is 1.19 bits per heavy atom. The van der Waals surface area contributed by atoms with Crippen molar-refractivity contribution >= 4 is 16.9 Å². The number of nitrogens with zero attached hydrogens (tertiary/aromatic N) is 5. The summed E-state index contributed by atoms with van der Waals surface area (Å²) < 4.78 is 1.78. The van der Waals surface area contributed by atoms with Crippen molar-refractivity contribution in [3.63, 3.8) is 0 Å². The molecule has 0 radical (unpaired) electrons. The highest BCUT2D eigenvalue weighted by Gasteiger charge is 2.11. The number of pyridine rings is 1. The van der Waals surface area contributed by atoms with E-state index in [4.69, 9.17) is 0 Å². The molecule has 0 saturated carbocycles. The third kappa shape index (κ3) is 2.56. The number of fused-ring (bicyclic) bond motifs is 1. The number of rotatable bonds is 4. The fourth-order valence-corrected chi connectivity index (χ4v) is 2.49. The SMILES string of the molecule is Cc1cccnc1CCNc1ncnc2c1c(C)nn2C. The molecule has 0 unspecified atom stereocenters. The maximum atomic E-state index is 4.40. The van der Waals surface area contributed by atoms with Gasteiger partial charge in [-0.3, -0.25) is 9.67 Å². The van der Waals surface area contributed by atoms with Crippen molar-refractivity contribution in [2.75, 3.05) is 11.9 Å². The molecule has 0 aromatic carbocycles. The first-order valence-electron chi connectivity index (χ1n) is 6.95. The predicted molar refractivity (Wildman–Crippen MR) is 82.2 cm³/mol. The van der Waals surface area contributed by atoms with Gasteiger partial charge in [0, 0.05) is 31.9 Å². The molecule has 1 N–H and O–H groups in total. The van der Waals surface area contributed by atoms with Crippen molar-refractivity contribution in [1.29, 1.82) is 0 Å². The summed E-state index contributed by atoms with van der Waals surface area (Å²) in [5.74, 6) is 0.833. The van der Waals surface area contributed by atoms with Gasteiger partial charge < -0.3 is 5.32 Å². The molecule has 3 aromatic heterocycles. The Morgan fingerprint density at radius 3 is 2.86 bits per heavy atom. The first-order chi connectivity index (χ1) is 10.2. The second-order valence-electron chi connectivity index (χ2n) is 5.07. The van der Waals surface area contributed by atoms with Crippen molar-refractivity contribution in [1.82, 2.24) is 24.7 Å². The molecule has 6 nitrogen and oxygen atoms in total. The van der Waals surface area contributed by atoms with E-state index in [1.54, 1.807) is 11.0 Å². The van der Waals surface area contributed by atoms with Crippen LogP contribution in [0, 0.1) is 13.8 Å². The van der Waals surface area contributed by atoms with Crippen LogP contribution in [-0.4, -0.2) is 31.3 Å². The molecule has 0 bridgehead atoms. The van der Waals surface area contributed by atoms with Gasteiger partial charge >= 0.3 is 0 Å². The molecule has 6 heteroatoms. The van der Waals surface area contributed by atoms with Crippen molar-refractivity contribution in [2.45, 2.75) is 20.3 Å².